The summed E-state index contributed by atoms with van der Waals surface area (Å²) >= 11 is 1.03. The predicted molar refractivity (Wildman–Crippen MR) is 155 cm³/mol. The number of aromatic nitrogens is 8. The van der Waals surface area contributed by atoms with Crippen molar-refractivity contribution in [2.24, 2.45) is 5.92 Å². The summed E-state index contributed by atoms with van der Waals surface area (Å²) < 4.78 is 7.78. The van der Waals surface area contributed by atoms with Crippen LogP contribution in [0.4, 0.5) is 5.82 Å². The average Bonchev–Trinajstić information content (AvgIpc) is 3.55. The number of ketones is 1. The Bertz CT molecular complexity index is 1890. The SMILES string of the molecule is CCCn1nc(CC(=O)C2CN(c3cc(C)c4c(=O)c(C(=O)O)cn(-c5nc(-c6ccncn6)ns5)c4n3)C2)cc1C. The van der Waals surface area contributed by atoms with Gasteiger partial charge in [0, 0.05) is 49.3 Å². The van der Waals surface area contributed by atoms with Crippen LogP contribution in [0.15, 0.2) is 41.7 Å². The predicted octanol–water partition coefficient (Wildman–Crippen LogP) is 2.86. The quantitative estimate of drug-likeness (QED) is 0.271. The number of rotatable bonds is 9. The van der Waals surface area contributed by atoms with E-state index in [1.54, 1.807) is 25.3 Å². The van der Waals surface area contributed by atoms with E-state index in [-0.39, 0.29) is 29.2 Å². The van der Waals surface area contributed by atoms with Crippen molar-refractivity contribution in [2.75, 3.05) is 18.0 Å². The maximum absolute atomic E-state index is 13.2. The van der Waals surface area contributed by atoms with Crippen LogP contribution in [0.2, 0.25) is 0 Å². The number of hydrogen-bond donors (Lipinski definition) is 1. The number of Topliss-reactive ketones (excluding diaryl/α,β-unsaturated/α-hetero) is 1. The second-order valence-electron chi connectivity index (χ2n) is 10.3. The second-order valence-corrected chi connectivity index (χ2v) is 11.0. The van der Waals surface area contributed by atoms with Crippen LogP contribution in [-0.4, -0.2) is 68.6 Å². The summed E-state index contributed by atoms with van der Waals surface area (Å²) in [6.45, 7) is 7.62. The van der Waals surface area contributed by atoms with Gasteiger partial charge in [0.1, 0.15) is 29.2 Å². The molecule has 42 heavy (non-hydrogen) atoms. The monoisotopic (exact) mass is 585 g/mol. The molecule has 0 atom stereocenters. The summed E-state index contributed by atoms with van der Waals surface area (Å²) in [4.78, 5) is 57.6. The smallest absolute Gasteiger partial charge is 0.341 e. The fourth-order valence-corrected chi connectivity index (χ4v) is 5.73. The summed E-state index contributed by atoms with van der Waals surface area (Å²) in [5.74, 6) is -0.455. The largest absolute Gasteiger partial charge is 0.477 e. The van der Waals surface area contributed by atoms with Crippen molar-refractivity contribution in [2.45, 2.75) is 40.2 Å². The molecular formula is C28H27N9O4S. The number of carboxylic acids is 1. The Morgan fingerprint density at radius 3 is 2.69 bits per heavy atom. The van der Waals surface area contributed by atoms with Gasteiger partial charge in [-0.05, 0) is 44.0 Å². The lowest BCUT2D eigenvalue weighted by atomic mass is 9.92. The molecule has 1 aliphatic rings. The van der Waals surface area contributed by atoms with Crippen LogP contribution in [0.5, 0.6) is 0 Å². The van der Waals surface area contributed by atoms with E-state index in [1.165, 1.54) is 17.1 Å². The molecule has 6 heterocycles. The molecule has 14 heteroatoms. The van der Waals surface area contributed by atoms with Gasteiger partial charge in [-0.3, -0.25) is 18.8 Å². The van der Waals surface area contributed by atoms with Gasteiger partial charge in [0.2, 0.25) is 10.6 Å². The molecule has 0 aromatic carbocycles. The first-order valence-electron chi connectivity index (χ1n) is 13.4. The Morgan fingerprint density at radius 1 is 1.17 bits per heavy atom. The number of hydrogen-bond acceptors (Lipinski definition) is 11. The fourth-order valence-electron chi connectivity index (χ4n) is 5.07. The Hall–Kier alpha value is -4.85. The van der Waals surface area contributed by atoms with Crippen molar-refractivity contribution in [1.29, 1.82) is 0 Å². The van der Waals surface area contributed by atoms with Crippen molar-refractivity contribution in [3.05, 3.63) is 69.7 Å². The normalized spacial score (nSPS) is 13.5. The van der Waals surface area contributed by atoms with Crippen molar-refractivity contribution in [3.8, 4) is 16.6 Å². The molecule has 0 saturated carbocycles. The maximum atomic E-state index is 13.2. The molecule has 13 nitrogen and oxygen atoms in total. The molecule has 1 N–H and O–H groups in total. The van der Waals surface area contributed by atoms with E-state index in [1.807, 2.05) is 22.6 Å². The zero-order valence-electron chi connectivity index (χ0n) is 23.2. The van der Waals surface area contributed by atoms with Crippen LogP contribution >= 0.6 is 11.5 Å². The first-order chi connectivity index (χ1) is 20.2. The van der Waals surface area contributed by atoms with Gasteiger partial charge in [0.15, 0.2) is 11.5 Å². The standard InChI is InChI=1S/C28H27N9O4S/c1-4-7-37-16(3)9-18(33-37)10-21(38)17-11-35(12-17)22-8-15(2)23-24(39)19(27(40)41)13-36(26(23)31-22)28-32-25(34-42-28)20-5-6-29-14-30-20/h5-6,8-9,13-14,17H,4,7,10-12H2,1-3H3,(H,40,41). The Balaban J connectivity index is 1.31. The highest BCUT2D eigenvalue weighted by molar-refractivity contribution is 7.08. The van der Waals surface area contributed by atoms with Gasteiger partial charge in [0.05, 0.1) is 23.4 Å². The van der Waals surface area contributed by atoms with E-state index in [9.17, 15) is 19.5 Å². The van der Waals surface area contributed by atoms with Gasteiger partial charge in [-0.25, -0.2) is 19.7 Å². The van der Waals surface area contributed by atoms with Gasteiger partial charge < -0.3 is 10.0 Å². The van der Waals surface area contributed by atoms with Crippen LogP contribution in [0.1, 0.15) is 40.7 Å². The number of anilines is 1. The lowest BCUT2D eigenvalue weighted by Gasteiger charge is -2.39. The van der Waals surface area contributed by atoms with Crippen molar-refractivity contribution in [3.63, 3.8) is 0 Å². The lowest BCUT2D eigenvalue weighted by molar-refractivity contribution is -0.123. The van der Waals surface area contributed by atoms with Crippen LogP contribution < -0.4 is 10.3 Å². The number of carbonyl (C=O) groups is 2. The number of pyridine rings is 2. The Labute approximate surface area is 243 Å². The van der Waals surface area contributed by atoms with Gasteiger partial charge >= 0.3 is 5.97 Å². The van der Waals surface area contributed by atoms with E-state index >= 15 is 0 Å². The van der Waals surface area contributed by atoms with Crippen molar-refractivity contribution < 1.29 is 14.7 Å². The number of nitrogens with zero attached hydrogens (tertiary/aromatic N) is 9. The molecule has 6 rings (SSSR count). The molecular weight excluding hydrogens is 558 g/mol. The summed E-state index contributed by atoms with van der Waals surface area (Å²) in [7, 11) is 0. The summed E-state index contributed by atoms with van der Waals surface area (Å²) in [6, 6.07) is 5.38. The molecule has 0 amide bonds. The minimum absolute atomic E-state index is 0.124. The van der Waals surface area contributed by atoms with E-state index in [4.69, 9.17) is 4.98 Å². The molecule has 0 spiro atoms. The molecule has 1 saturated heterocycles. The van der Waals surface area contributed by atoms with E-state index in [0.717, 1.165) is 35.9 Å². The lowest BCUT2D eigenvalue weighted by Crippen LogP contribution is -2.51. The Morgan fingerprint density at radius 2 is 1.98 bits per heavy atom. The highest BCUT2D eigenvalue weighted by Crippen LogP contribution is 2.29. The zero-order valence-corrected chi connectivity index (χ0v) is 24.0. The highest BCUT2D eigenvalue weighted by Gasteiger charge is 2.34. The van der Waals surface area contributed by atoms with Gasteiger partial charge in [0.25, 0.3) is 0 Å². The minimum atomic E-state index is -1.35. The summed E-state index contributed by atoms with van der Waals surface area (Å²) in [5, 5.41) is 14.8. The second kappa shape index (κ2) is 10.9. The average molecular weight is 586 g/mol. The van der Waals surface area contributed by atoms with Crippen LogP contribution in [0, 0.1) is 19.8 Å². The van der Waals surface area contributed by atoms with E-state index in [2.05, 4.69) is 31.3 Å². The third kappa shape index (κ3) is 4.93. The van der Waals surface area contributed by atoms with Gasteiger partial charge in [-0.1, -0.05) is 6.92 Å². The molecule has 1 aliphatic heterocycles. The van der Waals surface area contributed by atoms with Crippen molar-refractivity contribution >= 4 is 40.1 Å². The number of aryl methyl sites for hydroxylation is 3. The highest BCUT2D eigenvalue weighted by atomic mass is 32.1. The van der Waals surface area contributed by atoms with Crippen LogP contribution in [-0.2, 0) is 17.8 Å². The van der Waals surface area contributed by atoms with E-state index in [0.29, 0.717) is 41.1 Å². The zero-order chi connectivity index (χ0) is 29.5. The van der Waals surface area contributed by atoms with E-state index < -0.39 is 17.0 Å². The van der Waals surface area contributed by atoms with Crippen LogP contribution in [0.25, 0.3) is 27.7 Å². The molecule has 0 aliphatic carbocycles. The summed E-state index contributed by atoms with van der Waals surface area (Å²) in [5.41, 5.74) is 2.14. The molecule has 1 fully saturated rings. The third-order valence-electron chi connectivity index (χ3n) is 7.29. The van der Waals surface area contributed by atoms with Gasteiger partial charge in [-0.2, -0.15) is 14.5 Å². The fraction of sp³-hybridized carbons (Fsp3) is 0.321. The number of aromatic carboxylic acids is 1. The molecule has 214 valence electrons. The molecule has 0 radical (unpaired) electrons. The minimum Gasteiger partial charge on any atom is -0.477 e. The van der Waals surface area contributed by atoms with Crippen molar-refractivity contribution in [1.82, 2.24) is 38.7 Å². The number of carboxylic acid groups (broad SMARTS) is 1. The van der Waals surface area contributed by atoms with Gasteiger partial charge in [-0.15, -0.1) is 0 Å². The first kappa shape index (κ1) is 27.3. The molecule has 0 unspecified atom stereocenters. The summed E-state index contributed by atoms with van der Waals surface area (Å²) in [6.07, 6.45) is 5.44. The Kier molecular flexibility index (Phi) is 7.06. The third-order valence-corrected chi connectivity index (χ3v) is 8.00. The molecule has 0 bridgehead atoms. The van der Waals surface area contributed by atoms with Crippen LogP contribution in [0.3, 0.4) is 0 Å². The number of carbonyl (C=O) groups excluding carboxylic acids is 1. The first-order valence-corrected chi connectivity index (χ1v) is 14.2. The molecule has 5 aromatic heterocycles. The number of fused-ring (bicyclic) bond motifs is 1. The molecule has 5 aromatic rings. The topological polar surface area (TPSA) is 162 Å². The maximum Gasteiger partial charge on any atom is 0.341 e.